The van der Waals surface area contributed by atoms with E-state index in [1.165, 1.54) is 5.56 Å². The highest BCUT2D eigenvalue weighted by Crippen LogP contribution is 2.34. The van der Waals surface area contributed by atoms with Crippen molar-refractivity contribution in [1.29, 1.82) is 0 Å². The van der Waals surface area contributed by atoms with Crippen LogP contribution in [0.1, 0.15) is 5.56 Å². The van der Waals surface area contributed by atoms with Crippen LogP contribution in [0.2, 0.25) is 0 Å². The third-order valence-electron chi connectivity index (χ3n) is 4.05. The summed E-state index contributed by atoms with van der Waals surface area (Å²) >= 11 is 0. The van der Waals surface area contributed by atoms with Gasteiger partial charge < -0.3 is 4.42 Å². The van der Waals surface area contributed by atoms with Crippen LogP contribution in [0.5, 0.6) is 0 Å². The van der Waals surface area contributed by atoms with Crippen LogP contribution in [0.25, 0.3) is 33.7 Å². The Morgan fingerprint density at radius 3 is 3.20 bits per heavy atom. The van der Waals surface area contributed by atoms with Crippen LogP contribution in [0.15, 0.2) is 41.2 Å². The zero-order valence-corrected chi connectivity index (χ0v) is 10.9. The molecule has 5 rings (SSSR count). The average molecular weight is 263 g/mol. The Bertz CT molecular complexity index is 996. The van der Waals surface area contributed by atoms with E-state index >= 15 is 0 Å². The van der Waals surface area contributed by atoms with E-state index in [0.717, 1.165) is 40.3 Å². The topological polar surface area (TPSA) is 47.7 Å². The fourth-order valence-electron chi connectivity index (χ4n) is 3.14. The summed E-state index contributed by atoms with van der Waals surface area (Å²) in [5, 5.41) is 0. The first-order valence-electron chi connectivity index (χ1n) is 6.53. The zero-order chi connectivity index (χ0) is 13.3. The van der Waals surface area contributed by atoms with Gasteiger partial charge in [0.15, 0.2) is 11.0 Å². The van der Waals surface area contributed by atoms with Crippen LogP contribution in [0, 0.1) is 0 Å². The van der Waals surface area contributed by atoms with Crippen LogP contribution in [-0.4, -0.2) is 14.5 Å². The summed E-state index contributed by atoms with van der Waals surface area (Å²) < 4.78 is 10.5. The van der Waals surface area contributed by atoms with Gasteiger partial charge in [0.2, 0.25) is 0 Å². The smallest absolute Gasteiger partial charge is 0.331 e. The summed E-state index contributed by atoms with van der Waals surface area (Å²) in [5.74, 6) is 0.899. The van der Waals surface area contributed by atoms with E-state index in [0.29, 0.717) is 0 Å². The second-order valence-corrected chi connectivity index (χ2v) is 5.11. The maximum atomic E-state index is 6.12. The molecule has 0 N–H and O–H groups in total. The summed E-state index contributed by atoms with van der Waals surface area (Å²) in [7, 11) is 2.05. The molecule has 96 valence electrons. The molecule has 5 heteroatoms. The lowest BCUT2D eigenvalue weighted by molar-refractivity contribution is -0.652. The molecule has 0 unspecified atom stereocenters. The third-order valence-corrected chi connectivity index (χ3v) is 4.05. The second-order valence-electron chi connectivity index (χ2n) is 5.11. The lowest BCUT2D eigenvalue weighted by atomic mass is 10.2. The monoisotopic (exact) mass is 263 g/mol. The highest BCUT2D eigenvalue weighted by Gasteiger charge is 2.34. The molecular weight excluding hydrogens is 252 g/mol. The van der Waals surface area contributed by atoms with E-state index in [1.54, 1.807) is 12.4 Å². The van der Waals surface area contributed by atoms with Gasteiger partial charge in [0.05, 0.1) is 12.6 Å². The van der Waals surface area contributed by atoms with Crippen LogP contribution >= 0.6 is 0 Å². The number of oxazole rings is 1. The Balaban J connectivity index is 1.97. The maximum absolute atomic E-state index is 6.12. The number of fused-ring (bicyclic) bond motifs is 7. The Morgan fingerprint density at radius 2 is 2.25 bits per heavy atom. The highest BCUT2D eigenvalue weighted by atomic mass is 16.4. The number of aryl methyl sites for hydroxylation is 1. The molecule has 4 aromatic rings. The Morgan fingerprint density at radius 1 is 1.30 bits per heavy atom. The average Bonchev–Trinajstić information content (AvgIpc) is 3.09. The van der Waals surface area contributed by atoms with Crippen molar-refractivity contribution in [1.82, 2.24) is 14.5 Å². The molecule has 0 aromatic carbocycles. The quantitative estimate of drug-likeness (QED) is 0.402. The summed E-state index contributed by atoms with van der Waals surface area (Å²) in [6.07, 6.45) is 5.51. The van der Waals surface area contributed by atoms with Crippen LogP contribution in [0.4, 0.5) is 0 Å². The second kappa shape index (κ2) is 3.25. The number of aromatic nitrogens is 4. The number of nitrogens with zero attached hydrogens (tertiary/aromatic N) is 4. The van der Waals surface area contributed by atoms with Gasteiger partial charge in [0, 0.05) is 24.2 Å². The fraction of sp³-hybridized carbons (Fsp3) is 0.133. The summed E-state index contributed by atoms with van der Waals surface area (Å²) in [6, 6.07) is 6.02. The van der Waals surface area contributed by atoms with E-state index in [1.807, 2.05) is 18.3 Å². The van der Waals surface area contributed by atoms with E-state index in [9.17, 15) is 0 Å². The Hall–Kier alpha value is -2.69. The molecule has 5 heterocycles. The molecule has 0 spiro atoms. The van der Waals surface area contributed by atoms with Crippen LogP contribution < -0.4 is 4.57 Å². The van der Waals surface area contributed by atoms with Gasteiger partial charge in [0.1, 0.15) is 6.54 Å². The molecule has 20 heavy (non-hydrogen) atoms. The van der Waals surface area contributed by atoms with Crippen molar-refractivity contribution in [3.05, 3.63) is 42.4 Å². The van der Waals surface area contributed by atoms with E-state index in [2.05, 4.69) is 32.2 Å². The van der Waals surface area contributed by atoms with Crippen LogP contribution in [-0.2, 0) is 13.6 Å². The molecular formula is C15H11N4O+. The van der Waals surface area contributed by atoms with Crippen molar-refractivity contribution >= 4 is 22.3 Å². The van der Waals surface area contributed by atoms with Crippen molar-refractivity contribution in [2.24, 2.45) is 7.05 Å². The van der Waals surface area contributed by atoms with E-state index in [4.69, 9.17) is 4.42 Å². The lowest BCUT2D eigenvalue weighted by Gasteiger charge is -1.91. The van der Waals surface area contributed by atoms with Crippen molar-refractivity contribution in [3.8, 4) is 11.5 Å². The maximum Gasteiger partial charge on any atom is 0.331 e. The van der Waals surface area contributed by atoms with Gasteiger partial charge >= 0.3 is 5.65 Å². The first kappa shape index (κ1) is 10.1. The molecule has 0 amide bonds. The van der Waals surface area contributed by atoms with Crippen molar-refractivity contribution in [2.75, 3.05) is 0 Å². The SMILES string of the molecule is Cn1c2cccnc2c2oc3[n+](c21)Cc1cnccc1-3. The van der Waals surface area contributed by atoms with Crippen molar-refractivity contribution < 1.29 is 8.98 Å². The molecule has 1 aliphatic heterocycles. The van der Waals surface area contributed by atoms with Gasteiger partial charge in [0.25, 0.3) is 11.5 Å². The number of hydrogen-bond acceptors (Lipinski definition) is 3. The largest absolute Gasteiger partial charge is 0.411 e. The standard InChI is InChI=1S/C15H11N4O/c1-18-11-3-2-5-17-12(11)13-14(18)19-8-9-7-16-6-4-10(9)15(19)20-13/h2-7H,8H2,1H3/q+1. The van der Waals surface area contributed by atoms with Crippen LogP contribution in [0.3, 0.4) is 0 Å². The number of rotatable bonds is 0. The molecule has 0 saturated carbocycles. The van der Waals surface area contributed by atoms with Crippen molar-refractivity contribution in [2.45, 2.75) is 6.54 Å². The minimum absolute atomic E-state index is 0.801. The lowest BCUT2D eigenvalue weighted by Crippen LogP contribution is -2.32. The molecule has 0 atom stereocenters. The van der Waals surface area contributed by atoms with E-state index in [-0.39, 0.29) is 0 Å². The fourth-order valence-corrected chi connectivity index (χ4v) is 3.14. The molecule has 5 nitrogen and oxygen atoms in total. The zero-order valence-electron chi connectivity index (χ0n) is 10.9. The van der Waals surface area contributed by atoms with E-state index < -0.39 is 0 Å². The predicted molar refractivity (Wildman–Crippen MR) is 73.0 cm³/mol. The normalized spacial score (nSPS) is 13.1. The van der Waals surface area contributed by atoms with Gasteiger partial charge in [-0.1, -0.05) is 0 Å². The molecule has 0 saturated heterocycles. The number of pyridine rings is 2. The first-order chi connectivity index (χ1) is 9.84. The Kier molecular flexibility index (Phi) is 1.65. The highest BCUT2D eigenvalue weighted by molar-refractivity contribution is 5.99. The minimum atomic E-state index is 0.801. The summed E-state index contributed by atoms with van der Waals surface area (Å²) in [6.45, 7) is 0.801. The molecule has 0 aliphatic carbocycles. The van der Waals surface area contributed by atoms with Gasteiger partial charge in [-0.2, -0.15) is 4.57 Å². The molecule has 0 fully saturated rings. The molecule has 0 radical (unpaired) electrons. The van der Waals surface area contributed by atoms with Crippen molar-refractivity contribution in [3.63, 3.8) is 0 Å². The summed E-state index contributed by atoms with van der Waals surface area (Å²) in [4.78, 5) is 8.65. The summed E-state index contributed by atoms with van der Waals surface area (Å²) in [5.41, 5.74) is 6.27. The molecule has 0 bridgehead atoms. The predicted octanol–water partition coefficient (Wildman–Crippen LogP) is 2.03. The van der Waals surface area contributed by atoms with Gasteiger partial charge in [-0.25, -0.2) is 9.55 Å². The Labute approximate surface area is 114 Å². The third kappa shape index (κ3) is 1.02. The number of hydrogen-bond donors (Lipinski definition) is 0. The first-order valence-corrected chi connectivity index (χ1v) is 6.53. The van der Waals surface area contributed by atoms with Gasteiger partial charge in [-0.05, 0) is 18.2 Å². The molecule has 4 aromatic heterocycles. The van der Waals surface area contributed by atoms with Gasteiger partial charge in [-0.3, -0.25) is 4.98 Å². The minimum Gasteiger partial charge on any atom is -0.411 e. The van der Waals surface area contributed by atoms with Gasteiger partial charge in [-0.15, -0.1) is 0 Å². The molecule has 1 aliphatic rings.